The molecule has 132 valence electrons. The average molecular weight is 355 g/mol. The first kappa shape index (κ1) is 16.7. The zero-order valence-electron chi connectivity index (χ0n) is 14.8. The van der Waals surface area contributed by atoms with Gasteiger partial charge in [-0.1, -0.05) is 49.4 Å². The number of nitrogens with zero attached hydrogens (tertiary/aromatic N) is 4. The zero-order chi connectivity index (χ0) is 18.8. The summed E-state index contributed by atoms with van der Waals surface area (Å²) < 4.78 is 1.37. The van der Waals surface area contributed by atoms with Crippen molar-refractivity contribution >= 4 is 5.78 Å². The molecule has 2 aromatic heterocycles. The summed E-state index contributed by atoms with van der Waals surface area (Å²) in [6.45, 7) is 1.98. The molecule has 0 unspecified atom stereocenters. The van der Waals surface area contributed by atoms with Crippen molar-refractivity contribution in [3.8, 4) is 17.2 Å². The van der Waals surface area contributed by atoms with Crippen LogP contribution in [0, 0.1) is 11.3 Å². The van der Waals surface area contributed by atoms with E-state index in [-0.39, 0.29) is 5.56 Å². The highest BCUT2D eigenvalue weighted by Crippen LogP contribution is 2.24. The van der Waals surface area contributed by atoms with Crippen LogP contribution in [0.1, 0.15) is 29.3 Å². The third kappa shape index (κ3) is 3.00. The maximum atomic E-state index is 12.8. The normalized spacial score (nSPS) is 10.8. The van der Waals surface area contributed by atoms with Crippen molar-refractivity contribution in [1.82, 2.24) is 19.6 Å². The van der Waals surface area contributed by atoms with Crippen LogP contribution >= 0.6 is 0 Å². The van der Waals surface area contributed by atoms with E-state index in [9.17, 15) is 10.1 Å². The van der Waals surface area contributed by atoms with Crippen molar-refractivity contribution < 1.29 is 0 Å². The van der Waals surface area contributed by atoms with Gasteiger partial charge in [0.1, 0.15) is 6.33 Å². The molecule has 0 atom stereocenters. The molecule has 0 spiro atoms. The van der Waals surface area contributed by atoms with Gasteiger partial charge >= 0.3 is 0 Å². The molecular formula is C21H17N5O. The number of H-pyrrole nitrogens is 1. The van der Waals surface area contributed by atoms with Crippen molar-refractivity contribution in [1.29, 1.82) is 5.26 Å². The van der Waals surface area contributed by atoms with Crippen molar-refractivity contribution in [3.63, 3.8) is 0 Å². The van der Waals surface area contributed by atoms with Crippen LogP contribution in [0.15, 0.2) is 59.7 Å². The van der Waals surface area contributed by atoms with E-state index < -0.39 is 0 Å². The first-order valence-electron chi connectivity index (χ1n) is 8.73. The molecule has 0 bridgehead atoms. The van der Waals surface area contributed by atoms with E-state index in [1.165, 1.54) is 10.8 Å². The van der Waals surface area contributed by atoms with Gasteiger partial charge in [-0.15, -0.1) is 0 Å². The fourth-order valence-electron chi connectivity index (χ4n) is 3.24. The standard InChI is InChI=1S/C21H17N5O/c1-2-19-18(20(27)26-21(25-19)23-13-24-26)11-14-7-9-15(10-8-14)17-6-4-3-5-16(17)12-22/h3-10,13H,2,11H2,1H3,(H,23,24,25). The SMILES string of the molecule is CCc1nc2nc[nH]n2c(=O)c1Cc1ccc(-c2ccccc2C#N)cc1. The quantitative estimate of drug-likeness (QED) is 0.609. The fraction of sp³-hybridized carbons (Fsp3) is 0.143. The number of benzene rings is 2. The summed E-state index contributed by atoms with van der Waals surface area (Å²) in [4.78, 5) is 21.3. The second-order valence-corrected chi connectivity index (χ2v) is 6.25. The molecule has 0 saturated carbocycles. The van der Waals surface area contributed by atoms with E-state index in [1.54, 1.807) is 0 Å². The van der Waals surface area contributed by atoms with Gasteiger partial charge in [0.25, 0.3) is 11.3 Å². The Balaban J connectivity index is 1.70. The molecule has 0 aliphatic carbocycles. The van der Waals surface area contributed by atoms with Gasteiger partial charge in [0.2, 0.25) is 0 Å². The molecule has 0 saturated heterocycles. The van der Waals surface area contributed by atoms with Crippen LogP contribution in [0.4, 0.5) is 0 Å². The molecule has 1 N–H and O–H groups in total. The van der Waals surface area contributed by atoms with Gasteiger partial charge in [-0.05, 0) is 29.2 Å². The number of nitrogens with one attached hydrogen (secondary N) is 1. The number of aromatic nitrogens is 4. The van der Waals surface area contributed by atoms with E-state index in [0.717, 1.165) is 22.4 Å². The summed E-state index contributed by atoms with van der Waals surface area (Å²) in [7, 11) is 0. The molecule has 0 aliphatic rings. The van der Waals surface area contributed by atoms with Gasteiger partial charge in [-0.3, -0.25) is 9.89 Å². The number of aromatic amines is 1. The Hall–Kier alpha value is -3.72. The van der Waals surface area contributed by atoms with E-state index in [1.807, 2.05) is 55.5 Å². The lowest BCUT2D eigenvalue weighted by Gasteiger charge is -2.09. The first-order valence-corrected chi connectivity index (χ1v) is 8.73. The minimum absolute atomic E-state index is 0.117. The summed E-state index contributed by atoms with van der Waals surface area (Å²) in [6, 6.07) is 17.7. The highest BCUT2D eigenvalue weighted by molar-refractivity contribution is 5.70. The third-order valence-electron chi connectivity index (χ3n) is 4.64. The Bertz CT molecular complexity index is 1210. The molecule has 0 aliphatic heterocycles. The van der Waals surface area contributed by atoms with Crippen molar-refractivity contribution in [2.75, 3.05) is 0 Å². The maximum absolute atomic E-state index is 12.8. The Labute approximate surface area is 155 Å². The molecule has 0 amide bonds. The molecular weight excluding hydrogens is 338 g/mol. The van der Waals surface area contributed by atoms with Crippen LogP contribution in [-0.2, 0) is 12.8 Å². The summed E-state index contributed by atoms with van der Waals surface area (Å²) in [6.07, 6.45) is 2.63. The lowest BCUT2D eigenvalue weighted by Crippen LogP contribution is -2.23. The van der Waals surface area contributed by atoms with Crippen LogP contribution in [0.25, 0.3) is 16.9 Å². The van der Waals surface area contributed by atoms with Crippen LogP contribution in [0.2, 0.25) is 0 Å². The number of aryl methyl sites for hydroxylation is 1. The predicted molar refractivity (Wildman–Crippen MR) is 102 cm³/mol. The predicted octanol–water partition coefficient (Wildman–Crippen LogP) is 3.11. The van der Waals surface area contributed by atoms with E-state index in [4.69, 9.17) is 0 Å². The monoisotopic (exact) mass is 355 g/mol. The molecule has 2 aromatic carbocycles. The highest BCUT2D eigenvalue weighted by atomic mass is 16.1. The maximum Gasteiger partial charge on any atom is 0.277 e. The minimum atomic E-state index is -0.117. The van der Waals surface area contributed by atoms with Gasteiger partial charge in [0.05, 0.1) is 17.3 Å². The number of hydrogen-bond donors (Lipinski definition) is 1. The zero-order valence-corrected chi connectivity index (χ0v) is 14.8. The molecule has 6 nitrogen and oxygen atoms in total. The summed E-state index contributed by atoms with van der Waals surface area (Å²) in [5.74, 6) is 0.393. The van der Waals surface area contributed by atoms with Gasteiger partial charge in [-0.25, -0.2) is 9.97 Å². The topological polar surface area (TPSA) is 86.8 Å². The number of nitriles is 1. The summed E-state index contributed by atoms with van der Waals surface area (Å²) in [5, 5.41) is 12.1. The van der Waals surface area contributed by atoms with E-state index in [0.29, 0.717) is 29.7 Å². The summed E-state index contributed by atoms with van der Waals surface area (Å²) >= 11 is 0. The number of hydrogen-bond acceptors (Lipinski definition) is 4. The van der Waals surface area contributed by atoms with Crippen LogP contribution in [0.3, 0.4) is 0 Å². The van der Waals surface area contributed by atoms with Gasteiger partial charge in [-0.2, -0.15) is 9.78 Å². The Kier molecular flexibility index (Phi) is 4.27. The molecule has 0 radical (unpaired) electrons. The van der Waals surface area contributed by atoms with Gasteiger partial charge < -0.3 is 0 Å². The lowest BCUT2D eigenvalue weighted by molar-refractivity contribution is 0.840. The van der Waals surface area contributed by atoms with Gasteiger partial charge in [0.15, 0.2) is 0 Å². The second-order valence-electron chi connectivity index (χ2n) is 6.25. The van der Waals surface area contributed by atoms with Crippen LogP contribution in [0.5, 0.6) is 0 Å². The first-order chi connectivity index (χ1) is 13.2. The van der Waals surface area contributed by atoms with Crippen molar-refractivity contribution in [3.05, 3.63) is 87.6 Å². The molecule has 27 heavy (non-hydrogen) atoms. The van der Waals surface area contributed by atoms with Crippen LogP contribution in [-0.4, -0.2) is 19.6 Å². The second kappa shape index (κ2) is 6.89. The minimum Gasteiger partial charge on any atom is -0.278 e. The van der Waals surface area contributed by atoms with Crippen LogP contribution < -0.4 is 5.56 Å². The molecule has 4 rings (SSSR count). The van der Waals surface area contributed by atoms with Crippen molar-refractivity contribution in [2.45, 2.75) is 19.8 Å². The van der Waals surface area contributed by atoms with Gasteiger partial charge in [0, 0.05) is 12.0 Å². The lowest BCUT2D eigenvalue weighted by atomic mass is 9.97. The Morgan fingerprint density at radius 1 is 1.15 bits per heavy atom. The average Bonchev–Trinajstić information content (AvgIpc) is 3.19. The third-order valence-corrected chi connectivity index (χ3v) is 4.64. The molecule has 4 aromatic rings. The van der Waals surface area contributed by atoms with E-state index in [2.05, 4.69) is 21.1 Å². The molecule has 6 heteroatoms. The molecule has 2 heterocycles. The van der Waals surface area contributed by atoms with E-state index >= 15 is 0 Å². The van der Waals surface area contributed by atoms with Crippen molar-refractivity contribution in [2.24, 2.45) is 0 Å². The fourth-order valence-corrected chi connectivity index (χ4v) is 3.24. The Morgan fingerprint density at radius 3 is 2.67 bits per heavy atom. The highest BCUT2D eigenvalue weighted by Gasteiger charge is 2.14. The number of rotatable bonds is 4. The molecule has 0 fully saturated rings. The number of fused-ring (bicyclic) bond motifs is 1. The summed E-state index contributed by atoms with van der Waals surface area (Å²) in [5.41, 5.74) is 4.86. The largest absolute Gasteiger partial charge is 0.278 e. The smallest absolute Gasteiger partial charge is 0.277 e. The Morgan fingerprint density at radius 2 is 1.93 bits per heavy atom.